The van der Waals surface area contributed by atoms with Crippen LogP contribution in [-0.2, 0) is 0 Å². The molecule has 0 heterocycles. The highest BCUT2D eigenvalue weighted by molar-refractivity contribution is 4.59. The molecule has 13 heavy (non-hydrogen) atoms. The lowest BCUT2D eigenvalue weighted by molar-refractivity contribution is 0.386. The fourth-order valence-corrected chi connectivity index (χ4v) is 2.02. The summed E-state index contributed by atoms with van der Waals surface area (Å²) in [6.07, 6.45) is 12.9. The average molecular weight is 184 g/mol. The molecule has 0 aliphatic heterocycles. The van der Waals surface area contributed by atoms with Gasteiger partial charge in [-0.1, -0.05) is 78.6 Å². The van der Waals surface area contributed by atoms with Gasteiger partial charge in [0, 0.05) is 0 Å². The van der Waals surface area contributed by atoms with Crippen molar-refractivity contribution < 1.29 is 0 Å². The van der Waals surface area contributed by atoms with E-state index in [1.54, 1.807) is 0 Å². The Bertz CT molecular complexity index is 86.0. The first kappa shape index (κ1) is 13.0. The SMILES string of the molecule is CCCCCC(CCC)CCCC. The van der Waals surface area contributed by atoms with E-state index in [0.717, 1.165) is 5.92 Å². The second-order valence-corrected chi connectivity index (χ2v) is 4.29. The molecule has 0 spiro atoms. The molecule has 0 bridgehead atoms. The number of hydrogen-bond donors (Lipinski definition) is 0. The van der Waals surface area contributed by atoms with Gasteiger partial charge in [-0.15, -0.1) is 0 Å². The molecule has 0 amide bonds. The van der Waals surface area contributed by atoms with Crippen LogP contribution >= 0.6 is 0 Å². The minimum Gasteiger partial charge on any atom is -0.0654 e. The van der Waals surface area contributed by atoms with E-state index in [4.69, 9.17) is 0 Å². The highest BCUT2D eigenvalue weighted by Crippen LogP contribution is 2.21. The van der Waals surface area contributed by atoms with E-state index in [0.29, 0.717) is 0 Å². The highest BCUT2D eigenvalue weighted by atomic mass is 14.1. The smallest absolute Gasteiger partial charge is 0.0414 e. The molecule has 0 aliphatic carbocycles. The predicted octanol–water partition coefficient (Wildman–Crippen LogP) is 5.17. The number of unbranched alkanes of at least 4 members (excludes halogenated alkanes) is 3. The van der Waals surface area contributed by atoms with Gasteiger partial charge in [-0.05, 0) is 5.92 Å². The second-order valence-electron chi connectivity index (χ2n) is 4.29. The van der Waals surface area contributed by atoms with E-state index in [1.165, 1.54) is 57.8 Å². The fourth-order valence-electron chi connectivity index (χ4n) is 2.02. The van der Waals surface area contributed by atoms with Gasteiger partial charge in [-0.3, -0.25) is 0 Å². The van der Waals surface area contributed by atoms with Crippen molar-refractivity contribution in [3.8, 4) is 0 Å². The maximum absolute atomic E-state index is 2.32. The summed E-state index contributed by atoms with van der Waals surface area (Å²) in [4.78, 5) is 0. The molecule has 80 valence electrons. The van der Waals surface area contributed by atoms with Crippen LogP contribution in [0, 0.1) is 5.92 Å². The Hall–Kier alpha value is 0. The van der Waals surface area contributed by atoms with Crippen LogP contribution in [-0.4, -0.2) is 0 Å². The van der Waals surface area contributed by atoms with Crippen molar-refractivity contribution in [3.05, 3.63) is 0 Å². The summed E-state index contributed by atoms with van der Waals surface area (Å²) in [5.41, 5.74) is 0. The van der Waals surface area contributed by atoms with Crippen molar-refractivity contribution in [2.75, 3.05) is 0 Å². The topological polar surface area (TPSA) is 0 Å². The summed E-state index contributed by atoms with van der Waals surface area (Å²) in [6.45, 7) is 6.91. The molecule has 0 saturated carbocycles. The van der Waals surface area contributed by atoms with E-state index in [9.17, 15) is 0 Å². The Kier molecular flexibility index (Phi) is 10.1. The number of rotatable bonds is 9. The normalized spacial score (nSPS) is 13.2. The molecule has 1 atom stereocenters. The molecule has 0 aliphatic rings. The molecule has 0 aromatic heterocycles. The Morgan fingerprint density at radius 1 is 0.615 bits per heavy atom. The van der Waals surface area contributed by atoms with Crippen molar-refractivity contribution in [3.63, 3.8) is 0 Å². The minimum absolute atomic E-state index is 1.04. The fraction of sp³-hybridized carbons (Fsp3) is 1.00. The monoisotopic (exact) mass is 184 g/mol. The highest BCUT2D eigenvalue weighted by Gasteiger charge is 2.05. The Morgan fingerprint density at radius 2 is 1.23 bits per heavy atom. The van der Waals surface area contributed by atoms with Crippen LogP contribution in [0.4, 0.5) is 0 Å². The first-order valence-electron chi connectivity index (χ1n) is 6.35. The van der Waals surface area contributed by atoms with Gasteiger partial charge >= 0.3 is 0 Å². The molecule has 0 fully saturated rings. The van der Waals surface area contributed by atoms with E-state index in [1.807, 2.05) is 0 Å². The lowest BCUT2D eigenvalue weighted by Gasteiger charge is -2.15. The van der Waals surface area contributed by atoms with E-state index in [-0.39, 0.29) is 0 Å². The van der Waals surface area contributed by atoms with Crippen molar-refractivity contribution in [1.82, 2.24) is 0 Å². The molecule has 0 nitrogen and oxygen atoms in total. The third-order valence-electron chi connectivity index (χ3n) is 2.88. The quantitative estimate of drug-likeness (QED) is 0.433. The predicted molar refractivity (Wildman–Crippen MR) is 62.1 cm³/mol. The van der Waals surface area contributed by atoms with Crippen molar-refractivity contribution in [2.45, 2.75) is 78.6 Å². The van der Waals surface area contributed by atoms with Gasteiger partial charge in [0.05, 0.1) is 0 Å². The minimum atomic E-state index is 1.04. The number of hydrogen-bond acceptors (Lipinski definition) is 0. The molecule has 0 rings (SSSR count). The third-order valence-corrected chi connectivity index (χ3v) is 2.88. The van der Waals surface area contributed by atoms with Gasteiger partial charge in [-0.25, -0.2) is 0 Å². The zero-order valence-electron chi connectivity index (χ0n) is 9.94. The van der Waals surface area contributed by atoms with Crippen molar-refractivity contribution in [1.29, 1.82) is 0 Å². The van der Waals surface area contributed by atoms with Crippen LogP contribution < -0.4 is 0 Å². The molecular weight excluding hydrogens is 156 g/mol. The molecule has 0 heteroatoms. The van der Waals surface area contributed by atoms with Crippen LogP contribution in [0.5, 0.6) is 0 Å². The maximum atomic E-state index is 2.32. The average Bonchev–Trinajstić information content (AvgIpc) is 2.14. The summed E-state index contributed by atoms with van der Waals surface area (Å²) in [6, 6.07) is 0. The summed E-state index contributed by atoms with van der Waals surface area (Å²) < 4.78 is 0. The summed E-state index contributed by atoms with van der Waals surface area (Å²) >= 11 is 0. The summed E-state index contributed by atoms with van der Waals surface area (Å²) in [7, 11) is 0. The molecule has 0 saturated heterocycles. The lowest BCUT2D eigenvalue weighted by Crippen LogP contribution is -2.00. The van der Waals surface area contributed by atoms with Gasteiger partial charge in [0.25, 0.3) is 0 Å². The van der Waals surface area contributed by atoms with Crippen LogP contribution in [0.3, 0.4) is 0 Å². The van der Waals surface area contributed by atoms with Crippen LogP contribution in [0.2, 0.25) is 0 Å². The summed E-state index contributed by atoms with van der Waals surface area (Å²) in [5, 5.41) is 0. The van der Waals surface area contributed by atoms with Gasteiger partial charge in [0.2, 0.25) is 0 Å². The van der Waals surface area contributed by atoms with E-state index in [2.05, 4.69) is 20.8 Å². The molecule has 0 radical (unpaired) electrons. The Balaban J connectivity index is 3.41. The third kappa shape index (κ3) is 8.33. The molecule has 0 aromatic carbocycles. The van der Waals surface area contributed by atoms with E-state index >= 15 is 0 Å². The molecule has 0 N–H and O–H groups in total. The van der Waals surface area contributed by atoms with Crippen molar-refractivity contribution >= 4 is 0 Å². The van der Waals surface area contributed by atoms with Gasteiger partial charge in [0.15, 0.2) is 0 Å². The van der Waals surface area contributed by atoms with Crippen LogP contribution in [0.25, 0.3) is 0 Å². The lowest BCUT2D eigenvalue weighted by atomic mass is 9.92. The Labute approximate surface area is 85.1 Å². The second kappa shape index (κ2) is 10.1. The van der Waals surface area contributed by atoms with Gasteiger partial charge < -0.3 is 0 Å². The van der Waals surface area contributed by atoms with Gasteiger partial charge in [0.1, 0.15) is 0 Å². The zero-order valence-corrected chi connectivity index (χ0v) is 9.94. The van der Waals surface area contributed by atoms with Crippen LogP contribution in [0.1, 0.15) is 78.6 Å². The zero-order chi connectivity index (χ0) is 9.94. The first-order valence-corrected chi connectivity index (χ1v) is 6.35. The molecule has 1 unspecified atom stereocenters. The van der Waals surface area contributed by atoms with Gasteiger partial charge in [-0.2, -0.15) is 0 Å². The van der Waals surface area contributed by atoms with E-state index < -0.39 is 0 Å². The Morgan fingerprint density at radius 3 is 1.77 bits per heavy atom. The summed E-state index contributed by atoms with van der Waals surface area (Å²) in [5.74, 6) is 1.04. The first-order chi connectivity index (χ1) is 6.35. The van der Waals surface area contributed by atoms with Crippen LogP contribution in [0.15, 0.2) is 0 Å². The maximum Gasteiger partial charge on any atom is -0.0414 e. The van der Waals surface area contributed by atoms with Crippen molar-refractivity contribution in [2.24, 2.45) is 5.92 Å². The molecule has 0 aromatic rings. The molecular formula is C13H28. The largest absolute Gasteiger partial charge is 0.0654 e. The standard InChI is InChI=1S/C13H28/c1-4-7-9-12-13(10-6-3)11-8-5-2/h13H,4-12H2,1-3H3.